The summed E-state index contributed by atoms with van der Waals surface area (Å²) in [4.78, 5) is 21.5. The number of hydrogen-bond donors (Lipinski definition) is 2. The van der Waals surface area contributed by atoms with E-state index in [9.17, 15) is 18.4 Å². The summed E-state index contributed by atoms with van der Waals surface area (Å²) in [5.74, 6) is -6.39. The van der Waals surface area contributed by atoms with Crippen LogP contribution in [0.25, 0.3) is 0 Å². The Kier molecular flexibility index (Phi) is 3.98. The molecule has 0 saturated heterocycles. The third-order valence-corrected chi connectivity index (χ3v) is 1.99. The topological polar surface area (TPSA) is 89.6 Å². The van der Waals surface area contributed by atoms with Crippen molar-refractivity contribution < 1.29 is 28.2 Å². The molecule has 0 saturated carbocycles. The Morgan fingerprint density at radius 2 is 2.00 bits per heavy atom. The second-order valence-corrected chi connectivity index (χ2v) is 3.16. The third kappa shape index (κ3) is 2.62. The number of carboxylic acids is 1. The van der Waals surface area contributed by atoms with Crippen LogP contribution >= 0.6 is 0 Å². The summed E-state index contributed by atoms with van der Waals surface area (Å²) >= 11 is 0. The van der Waals surface area contributed by atoms with Gasteiger partial charge >= 0.3 is 5.97 Å². The van der Waals surface area contributed by atoms with Gasteiger partial charge in [0.15, 0.2) is 11.6 Å². The molecule has 0 unspecified atom stereocenters. The van der Waals surface area contributed by atoms with Crippen LogP contribution in [0.2, 0.25) is 0 Å². The molecule has 0 heterocycles. The first kappa shape index (κ1) is 13.6. The van der Waals surface area contributed by atoms with Crippen LogP contribution in [-0.4, -0.2) is 17.0 Å². The van der Waals surface area contributed by atoms with Crippen LogP contribution < -0.4 is 10.5 Å². The first-order valence-electron chi connectivity index (χ1n) is 4.73. The molecule has 0 aliphatic carbocycles. The lowest BCUT2D eigenvalue weighted by Crippen LogP contribution is -2.17. The van der Waals surface area contributed by atoms with Crippen molar-refractivity contribution in [2.75, 3.05) is 0 Å². The van der Waals surface area contributed by atoms with E-state index in [4.69, 9.17) is 15.6 Å². The van der Waals surface area contributed by atoms with Gasteiger partial charge in [-0.05, 0) is 25.1 Å². The summed E-state index contributed by atoms with van der Waals surface area (Å²) in [7, 11) is 0. The van der Waals surface area contributed by atoms with Crippen LogP contribution in [0.3, 0.4) is 0 Å². The second-order valence-electron chi connectivity index (χ2n) is 3.16. The largest absolute Gasteiger partial charge is 0.475 e. The summed E-state index contributed by atoms with van der Waals surface area (Å²) in [5.41, 5.74) is 3.82. The molecule has 0 fully saturated rings. The average molecular weight is 257 g/mol. The summed E-state index contributed by atoms with van der Waals surface area (Å²) in [5, 5.41) is 8.68. The SMILES string of the molecule is CC=C(Oc1ccc(F)c(C(N)=O)c1F)C(=O)O. The lowest BCUT2D eigenvalue weighted by molar-refractivity contribution is -0.135. The molecule has 1 aromatic carbocycles. The van der Waals surface area contributed by atoms with Crippen molar-refractivity contribution in [3.8, 4) is 5.75 Å². The molecule has 1 amide bonds. The molecule has 1 rings (SSSR count). The Morgan fingerprint density at radius 3 is 2.44 bits per heavy atom. The van der Waals surface area contributed by atoms with Gasteiger partial charge in [0, 0.05) is 0 Å². The number of carboxylic acid groups (broad SMARTS) is 1. The number of carbonyl (C=O) groups is 2. The Hall–Kier alpha value is -2.44. The molecule has 0 aromatic heterocycles. The molecule has 0 aliphatic heterocycles. The molecule has 1 aromatic rings. The second kappa shape index (κ2) is 5.26. The smallest absolute Gasteiger partial charge is 0.371 e. The van der Waals surface area contributed by atoms with E-state index in [1.165, 1.54) is 6.92 Å². The van der Waals surface area contributed by atoms with E-state index in [0.717, 1.165) is 18.2 Å². The Labute approximate surface area is 100 Å². The molecule has 0 atom stereocenters. The number of amides is 1. The van der Waals surface area contributed by atoms with Crippen LogP contribution in [0.4, 0.5) is 8.78 Å². The molecule has 3 N–H and O–H groups in total. The lowest BCUT2D eigenvalue weighted by Gasteiger charge is -2.09. The zero-order chi connectivity index (χ0) is 13.9. The molecule has 0 bridgehead atoms. The van der Waals surface area contributed by atoms with Gasteiger partial charge in [-0.1, -0.05) is 0 Å². The predicted molar refractivity (Wildman–Crippen MR) is 56.9 cm³/mol. The maximum absolute atomic E-state index is 13.7. The highest BCUT2D eigenvalue weighted by molar-refractivity contribution is 5.94. The minimum absolute atomic E-state index is 0.559. The van der Waals surface area contributed by atoms with Crippen LogP contribution in [0.5, 0.6) is 5.75 Å². The highest BCUT2D eigenvalue weighted by Gasteiger charge is 2.21. The van der Waals surface area contributed by atoms with Crippen molar-refractivity contribution in [2.45, 2.75) is 6.92 Å². The first-order valence-corrected chi connectivity index (χ1v) is 4.73. The summed E-state index contributed by atoms with van der Waals surface area (Å²) in [6, 6.07) is 1.62. The van der Waals surface area contributed by atoms with E-state index >= 15 is 0 Å². The van der Waals surface area contributed by atoms with Crippen LogP contribution in [0, 0.1) is 11.6 Å². The number of primary amides is 1. The van der Waals surface area contributed by atoms with Gasteiger partial charge in [0.1, 0.15) is 11.4 Å². The fourth-order valence-electron chi connectivity index (χ4n) is 1.18. The number of rotatable bonds is 4. The molecule has 7 heteroatoms. The van der Waals surface area contributed by atoms with Gasteiger partial charge in [0.25, 0.3) is 5.91 Å². The molecule has 0 radical (unpaired) electrons. The average Bonchev–Trinajstić information content (AvgIpc) is 2.27. The Balaban J connectivity index is 3.24. The summed E-state index contributed by atoms with van der Waals surface area (Å²) in [6.45, 7) is 1.36. The normalized spacial score (nSPS) is 11.2. The van der Waals surface area contributed by atoms with Crippen molar-refractivity contribution in [3.05, 3.63) is 41.2 Å². The highest BCUT2D eigenvalue weighted by Crippen LogP contribution is 2.24. The van der Waals surface area contributed by atoms with Crippen molar-refractivity contribution in [1.29, 1.82) is 0 Å². The van der Waals surface area contributed by atoms with E-state index in [1.54, 1.807) is 0 Å². The van der Waals surface area contributed by atoms with E-state index in [1.807, 2.05) is 0 Å². The molecule has 0 aliphatic rings. The van der Waals surface area contributed by atoms with Gasteiger partial charge in [-0.2, -0.15) is 0 Å². The summed E-state index contributed by atoms with van der Waals surface area (Å²) in [6.07, 6.45) is 1.08. The maximum atomic E-state index is 13.7. The molecule has 18 heavy (non-hydrogen) atoms. The number of carbonyl (C=O) groups excluding carboxylic acids is 1. The number of benzene rings is 1. The Bertz CT molecular complexity index is 540. The zero-order valence-electron chi connectivity index (χ0n) is 9.24. The number of nitrogens with two attached hydrogens (primary N) is 1. The van der Waals surface area contributed by atoms with Crippen LogP contribution in [-0.2, 0) is 4.79 Å². The van der Waals surface area contributed by atoms with Gasteiger partial charge in [0.05, 0.1) is 0 Å². The van der Waals surface area contributed by atoms with Gasteiger partial charge in [-0.3, -0.25) is 4.79 Å². The van der Waals surface area contributed by atoms with Crippen molar-refractivity contribution in [3.63, 3.8) is 0 Å². The van der Waals surface area contributed by atoms with Gasteiger partial charge in [0.2, 0.25) is 5.76 Å². The van der Waals surface area contributed by atoms with Gasteiger partial charge in [-0.25, -0.2) is 13.6 Å². The predicted octanol–water partition coefficient (Wildman–Crippen LogP) is 1.43. The first-order chi connectivity index (χ1) is 8.38. The van der Waals surface area contributed by atoms with Gasteiger partial charge in [-0.15, -0.1) is 0 Å². The highest BCUT2D eigenvalue weighted by atomic mass is 19.1. The Morgan fingerprint density at radius 1 is 1.39 bits per heavy atom. The molecule has 5 nitrogen and oxygen atoms in total. The fourth-order valence-corrected chi connectivity index (χ4v) is 1.18. The molecule has 96 valence electrons. The van der Waals surface area contributed by atoms with Crippen molar-refractivity contribution >= 4 is 11.9 Å². The maximum Gasteiger partial charge on any atom is 0.371 e. The molecular formula is C11H9F2NO4. The van der Waals surface area contributed by atoms with Crippen LogP contribution in [0.15, 0.2) is 24.0 Å². The standard InChI is InChI=1S/C11H9F2NO4/c1-2-6(11(16)17)18-7-4-3-5(12)8(9(7)13)10(14)15/h2-4H,1H3,(H2,14,15)(H,16,17). The number of halogens is 2. The van der Waals surface area contributed by atoms with E-state index in [2.05, 4.69) is 0 Å². The minimum atomic E-state index is -1.43. The molecule has 0 spiro atoms. The van der Waals surface area contributed by atoms with Crippen molar-refractivity contribution in [2.24, 2.45) is 5.73 Å². The van der Waals surface area contributed by atoms with E-state index in [-0.39, 0.29) is 0 Å². The van der Waals surface area contributed by atoms with E-state index in [0.29, 0.717) is 0 Å². The monoisotopic (exact) mass is 257 g/mol. The number of aliphatic carboxylic acids is 1. The molecular weight excluding hydrogens is 248 g/mol. The van der Waals surface area contributed by atoms with Crippen molar-refractivity contribution in [1.82, 2.24) is 0 Å². The van der Waals surface area contributed by atoms with Crippen LogP contribution in [0.1, 0.15) is 17.3 Å². The number of ether oxygens (including phenoxy) is 1. The third-order valence-electron chi connectivity index (χ3n) is 1.99. The number of allylic oxidation sites excluding steroid dienone is 1. The number of hydrogen-bond acceptors (Lipinski definition) is 3. The quantitative estimate of drug-likeness (QED) is 0.630. The minimum Gasteiger partial charge on any atom is -0.475 e. The van der Waals surface area contributed by atoms with E-state index < -0.39 is 40.6 Å². The fraction of sp³-hybridized carbons (Fsp3) is 0.0909. The van der Waals surface area contributed by atoms with Gasteiger partial charge < -0.3 is 15.6 Å². The lowest BCUT2D eigenvalue weighted by atomic mass is 10.1. The summed E-state index contributed by atoms with van der Waals surface area (Å²) < 4.78 is 31.5. The zero-order valence-corrected chi connectivity index (χ0v) is 9.24.